The normalized spacial score (nSPS) is 19.6. The van der Waals surface area contributed by atoms with E-state index in [1.165, 1.54) is 29.1 Å². The fourth-order valence-corrected chi connectivity index (χ4v) is 8.07. The molecular weight excluding hydrogens is 375 g/mol. The van der Waals surface area contributed by atoms with Crippen molar-refractivity contribution in [3.63, 3.8) is 0 Å². The predicted molar refractivity (Wildman–Crippen MR) is 121 cm³/mol. The lowest BCUT2D eigenvalue weighted by Gasteiger charge is -2.39. The van der Waals surface area contributed by atoms with Crippen molar-refractivity contribution < 1.29 is 9.53 Å². The number of carbonyl (C=O) groups is 1. The molecule has 1 fully saturated rings. The summed E-state index contributed by atoms with van der Waals surface area (Å²) in [5.74, 6) is -0.235. The lowest BCUT2D eigenvalue weighted by atomic mass is 9.80. The minimum Gasteiger partial charge on any atom is -0.466 e. The van der Waals surface area contributed by atoms with Crippen molar-refractivity contribution in [3.8, 4) is 0 Å². The largest absolute Gasteiger partial charge is 0.466 e. The Morgan fingerprint density at radius 2 is 1.31 bits per heavy atom. The van der Waals surface area contributed by atoms with Gasteiger partial charge >= 0.3 is 5.97 Å². The average Bonchev–Trinajstić information content (AvgIpc) is 3.21. The zero-order chi connectivity index (χ0) is 20.3. The van der Waals surface area contributed by atoms with Gasteiger partial charge in [-0.15, -0.1) is 0 Å². The number of benzene rings is 3. The van der Waals surface area contributed by atoms with Gasteiger partial charge in [0.1, 0.15) is 0 Å². The van der Waals surface area contributed by atoms with Crippen LogP contribution in [0.3, 0.4) is 0 Å². The molecule has 0 aromatic heterocycles. The summed E-state index contributed by atoms with van der Waals surface area (Å²) < 4.78 is 5.14. The highest BCUT2D eigenvalue weighted by molar-refractivity contribution is 7.67. The topological polar surface area (TPSA) is 26.3 Å². The minimum absolute atomic E-state index is 0.235. The van der Waals surface area contributed by atoms with Crippen LogP contribution in [0.25, 0.3) is 0 Å². The minimum atomic E-state index is -0.608. The Kier molecular flexibility index (Phi) is 5.65. The molecule has 0 N–H and O–H groups in total. The Balaban J connectivity index is 2.08. The van der Waals surface area contributed by atoms with E-state index in [1.54, 1.807) is 0 Å². The van der Waals surface area contributed by atoms with E-state index in [4.69, 9.17) is 4.74 Å². The first kappa shape index (κ1) is 19.6. The quantitative estimate of drug-likeness (QED) is 0.322. The molecule has 0 amide bonds. The Labute approximate surface area is 174 Å². The number of rotatable bonds is 4. The van der Waals surface area contributed by atoms with Gasteiger partial charge in [-0.1, -0.05) is 98.9 Å². The SMILES string of the molecule is COC(=O)C(C)=C1CCP(c2ccccc2)C1(c1ccccc1)c1ccccc1. The van der Waals surface area contributed by atoms with Gasteiger partial charge in [0.15, 0.2) is 0 Å². The lowest BCUT2D eigenvalue weighted by molar-refractivity contribution is -0.136. The van der Waals surface area contributed by atoms with Crippen molar-refractivity contribution in [2.45, 2.75) is 18.5 Å². The monoisotopic (exact) mass is 400 g/mol. The fraction of sp³-hybridized carbons (Fsp3) is 0.192. The summed E-state index contributed by atoms with van der Waals surface area (Å²) in [6.45, 7) is 1.92. The number of methoxy groups -OCH3 is 1. The van der Waals surface area contributed by atoms with Crippen LogP contribution in [0.1, 0.15) is 24.5 Å². The van der Waals surface area contributed by atoms with Crippen LogP contribution in [-0.2, 0) is 14.7 Å². The van der Waals surface area contributed by atoms with Crippen LogP contribution in [0.5, 0.6) is 0 Å². The van der Waals surface area contributed by atoms with E-state index in [-0.39, 0.29) is 11.1 Å². The smallest absolute Gasteiger partial charge is 0.333 e. The van der Waals surface area contributed by atoms with E-state index in [0.717, 1.165) is 18.2 Å². The molecule has 29 heavy (non-hydrogen) atoms. The summed E-state index contributed by atoms with van der Waals surface area (Å²) in [6, 6.07) is 32.1. The highest BCUT2D eigenvalue weighted by atomic mass is 31.1. The second-order valence-electron chi connectivity index (χ2n) is 7.27. The molecule has 3 aromatic rings. The van der Waals surface area contributed by atoms with Gasteiger partial charge in [0.05, 0.1) is 12.3 Å². The molecular formula is C26H25O2P. The maximum Gasteiger partial charge on any atom is 0.333 e. The lowest BCUT2D eigenvalue weighted by Crippen LogP contribution is -2.29. The van der Waals surface area contributed by atoms with Crippen molar-refractivity contribution in [1.82, 2.24) is 0 Å². The zero-order valence-electron chi connectivity index (χ0n) is 16.8. The molecule has 1 saturated heterocycles. The molecule has 1 atom stereocenters. The van der Waals surface area contributed by atoms with Crippen LogP contribution in [0.4, 0.5) is 0 Å². The van der Waals surface area contributed by atoms with Crippen LogP contribution in [0.15, 0.2) is 102 Å². The zero-order valence-corrected chi connectivity index (χ0v) is 17.7. The van der Waals surface area contributed by atoms with Crippen molar-refractivity contribution in [2.24, 2.45) is 0 Å². The number of allylic oxidation sites excluding steroid dienone is 1. The number of ether oxygens (including phenoxy) is 1. The number of carbonyl (C=O) groups excluding carboxylic acids is 1. The van der Waals surface area contributed by atoms with Crippen molar-refractivity contribution >= 4 is 19.2 Å². The molecule has 1 heterocycles. The van der Waals surface area contributed by atoms with Crippen LogP contribution < -0.4 is 5.30 Å². The van der Waals surface area contributed by atoms with Crippen LogP contribution >= 0.6 is 7.92 Å². The first-order chi connectivity index (χ1) is 14.2. The molecule has 3 aromatic carbocycles. The summed E-state index contributed by atoms with van der Waals surface area (Å²) in [5.41, 5.74) is 4.42. The van der Waals surface area contributed by atoms with E-state index in [2.05, 4.69) is 91.0 Å². The third-order valence-electron chi connectivity index (χ3n) is 5.82. The van der Waals surface area contributed by atoms with E-state index in [1.807, 2.05) is 6.92 Å². The second kappa shape index (κ2) is 8.35. The highest BCUT2D eigenvalue weighted by Crippen LogP contribution is 2.69. The summed E-state index contributed by atoms with van der Waals surface area (Å²) in [5, 5.41) is 1.03. The number of hydrogen-bond donors (Lipinski definition) is 0. The maximum absolute atomic E-state index is 12.6. The summed E-state index contributed by atoms with van der Waals surface area (Å²) in [6.07, 6.45) is 1.94. The van der Waals surface area contributed by atoms with Gasteiger partial charge in [-0.2, -0.15) is 0 Å². The molecule has 0 aliphatic carbocycles. The van der Waals surface area contributed by atoms with Gasteiger partial charge in [0, 0.05) is 5.57 Å². The van der Waals surface area contributed by atoms with E-state index < -0.39 is 7.92 Å². The fourth-order valence-electron chi connectivity index (χ4n) is 4.59. The maximum atomic E-state index is 12.6. The standard InChI is InChI=1S/C26H25O2P/c1-20(25(27)28-2)24-18-19-29(23-16-10-5-11-17-23)26(24,21-12-6-3-7-13-21)22-14-8-4-9-15-22/h3-17H,18-19H2,1-2H3. The number of hydrogen-bond acceptors (Lipinski definition) is 2. The molecule has 2 nitrogen and oxygen atoms in total. The summed E-state index contributed by atoms with van der Waals surface area (Å²) in [7, 11) is 0.859. The van der Waals surface area contributed by atoms with E-state index >= 15 is 0 Å². The van der Waals surface area contributed by atoms with Crippen LogP contribution in [0.2, 0.25) is 0 Å². The molecule has 1 aliphatic rings. The second-order valence-corrected chi connectivity index (χ2v) is 9.77. The molecule has 0 saturated carbocycles. The van der Waals surface area contributed by atoms with Gasteiger partial charge < -0.3 is 4.74 Å². The first-order valence-electron chi connectivity index (χ1n) is 9.92. The molecule has 0 bridgehead atoms. The van der Waals surface area contributed by atoms with Crippen molar-refractivity contribution in [2.75, 3.05) is 13.3 Å². The van der Waals surface area contributed by atoms with Crippen LogP contribution in [-0.4, -0.2) is 19.2 Å². The molecule has 146 valence electrons. The Morgan fingerprint density at radius 3 is 1.79 bits per heavy atom. The molecule has 1 unspecified atom stereocenters. The molecule has 1 aliphatic heterocycles. The van der Waals surface area contributed by atoms with Gasteiger partial charge in [-0.3, -0.25) is 0 Å². The number of esters is 1. The van der Waals surface area contributed by atoms with E-state index in [9.17, 15) is 4.79 Å². The highest BCUT2D eigenvalue weighted by Gasteiger charge is 2.50. The van der Waals surface area contributed by atoms with Crippen LogP contribution in [0, 0.1) is 0 Å². The Hall–Kier alpha value is -2.70. The van der Waals surface area contributed by atoms with Gasteiger partial charge in [0.2, 0.25) is 0 Å². The van der Waals surface area contributed by atoms with Crippen molar-refractivity contribution in [3.05, 3.63) is 113 Å². The van der Waals surface area contributed by atoms with Gasteiger partial charge in [0.25, 0.3) is 0 Å². The molecule has 4 rings (SSSR count). The van der Waals surface area contributed by atoms with E-state index in [0.29, 0.717) is 0 Å². The first-order valence-corrected chi connectivity index (χ1v) is 11.4. The van der Waals surface area contributed by atoms with Gasteiger partial charge in [-0.25, -0.2) is 4.79 Å². The van der Waals surface area contributed by atoms with Crippen molar-refractivity contribution in [1.29, 1.82) is 0 Å². The Bertz CT molecular complexity index is 971. The summed E-state index contributed by atoms with van der Waals surface area (Å²) in [4.78, 5) is 12.6. The van der Waals surface area contributed by atoms with Gasteiger partial charge in [-0.05, 0) is 41.5 Å². The molecule has 0 spiro atoms. The molecule has 0 radical (unpaired) electrons. The molecule has 3 heteroatoms. The Morgan fingerprint density at radius 1 is 0.828 bits per heavy atom. The summed E-state index contributed by atoms with van der Waals surface area (Å²) >= 11 is 0. The third kappa shape index (κ3) is 3.32. The average molecular weight is 400 g/mol. The predicted octanol–water partition coefficient (Wildman–Crippen LogP) is 5.63. The third-order valence-corrected chi connectivity index (χ3v) is 9.01.